The van der Waals surface area contributed by atoms with Crippen molar-refractivity contribution in [2.24, 2.45) is 10.2 Å². The number of azide groups is 2. The first-order chi connectivity index (χ1) is 9.19. The van der Waals surface area contributed by atoms with Crippen molar-refractivity contribution < 1.29 is 9.47 Å². The van der Waals surface area contributed by atoms with Gasteiger partial charge in [0.2, 0.25) is 0 Å². The summed E-state index contributed by atoms with van der Waals surface area (Å²) in [7, 11) is 3.01. The van der Waals surface area contributed by atoms with Gasteiger partial charge in [-0.15, -0.1) is 0 Å². The molecule has 0 atom stereocenters. The van der Waals surface area contributed by atoms with Crippen molar-refractivity contribution in [1.82, 2.24) is 0 Å². The lowest BCUT2D eigenvalue weighted by Crippen LogP contribution is -2.01. The largest absolute Gasteiger partial charge is 0.496 e. The van der Waals surface area contributed by atoms with Crippen molar-refractivity contribution in [1.29, 1.82) is 0 Å². The van der Waals surface area contributed by atoms with Crippen molar-refractivity contribution in [2.75, 3.05) is 14.2 Å². The van der Waals surface area contributed by atoms with E-state index in [4.69, 9.17) is 20.5 Å². The highest BCUT2D eigenvalue weighted by Gasteiger charge is 2.17. The number of hydrogen-bond donors (Lipinski definition) is 0. The van der Waals surface area contributed by atoms with Gasteiger partial charge in [0.25, 0.3) is 0 Å². The normalized spacial score (nSPS) is 9.21. The average Bonchev–Trinajstić information content (AvgIpc) is 2.42. The molecule has 0 fully saturated rings. The van der Waals surface area contributed by atoms with Crippen LogP contribution in [0.2, 0.25) is 0 Å². The predicted octanol–water partition coefficient (Wildman–Crippen LogP) is 4.09. The molecule has 0 radical (unpaired) electrons. The lowest BCUT2D eigenvalue weighted by Gasteiger charge is -2.16. The maximum atomic E-state index is 8.45. The second kappa shape index (κ2) is 7.38. The highest BCUT2D eigenvalue weighted by atomic mass is 79.9. The molecule has 8 nitrogen and oxygen atoms in total. The highest BCUT2D eigenvalue weighted by Crippen LogP contribution is 2.38. The lowest BCUT2D eigenvalue weighted by atomic mass is 10.0. The van der Waals surface area contributed by atoms with Crippen LogP contribution in [0.4, 0.5) is 0 Å². The second-order valence-corrected chi connectivity index (χ2v) is 4.18. The fraction of sp³-hybridized carbons (Fsp3) is 0.400. The van der Waals surface area contributed by atoms with E-state index in [1.807, 2.05) is 0 Å². The fourth-order valence-electron chi connectivity index (χ4n) is 1.65. The monoisotopic (exact) mass is 326 g/mol. The Morgan fingerprint density at radius 2 is 1.68 bits per heavy atom. The zero-order valence-corrected chi connectivity index (χ0v) is 12.0. The van der Waals surface area contributed by atoms with E-state index in [1.54, 1.807) is 6.07 Å². The molecule has 0 spiro atoms. The summed E-state index contributed by atoms with van der Waals surface area (Å²) in [5.41, 5.74) is 18.1. The smallest absolute Gasteiger partial charge is 0.136 e. The van der Waals surface area contributed by atoms with E-state index in [1.165, 1.54) is 14.2 Å². The zero-order chi connectivity index (χ0) is 14.3. The van der Waals surface area contributed by atoms with Gasteiger partial charge in [0.05, 0.1) is 31.8 Å². The van der Waals surface area contributed by atoms with Gasteiger partial charge in [0.1, 0.15) is 11.5 Å². The van der Waals surface area contributed by atoms with Gasteiger partial charge in [-0.1, -0.05) is 10.2 Å². The maximum Gasteiger partial charge on any atom is 0.136 e. The Morgan fingerprint density at radius 1 is 1.11 bits per heavy atom. The number of benzene rings is 1. The molecule has 100 valence electrons. The number of hydrogen-bond acceptors (Lipinski definition) is 4. The average molecular weight is 327 g/mol. The molecule has 0 saturated carbocycles. The van der Waals surface area contributed by atoms with Crippen LogP contribution in [0.1, 0.15) is 11.1 Å². The van der Waals surface area contributed by atoms with Crippen LogP contribution in [0.25, 0.3) is 20.9 Å². The van der Waals surface area contributed by atoms with E-state index in [2.05, 4.69) is 36.0 Å². The van der Waals surface area contributed by atoms with Gasteiger partial charge in [0, 0.05) is 21.0 Å². The molecule has 0 saturated heterocycles. The SMILES string of the molecule is COc1cc(Br)c(OC)c(CN=[N+]=[N-])c1CN=[N+]=[N-]. The molecule has 0 unspecified atom stereocenters. The van der Waals surface area contributed by atoms with Crippen molar-refractivity contribution in [3.63, 3.8) is 0 Å². The van der Waals surface area contributed by atoms with Crippen LogP contribution >= 0.6 is 15.9 Å². The number of rotatable bonds is 6. The number of halogens is 1. The minimum absolute atomic E-state index is 0.0752. The summed E-state index contributed by atoms with van der Waals surface area (Å²) < 4.78 is 11.2. The lowest BCUT2D eigenvalue weighted by molar-refractivity contribution is 0.392. The molecule has 1 aromatic rings. The van der Waals surface area contributed by atoms with E-state index in [-0.39, 0.29) is 13.1 Å². The number of methoxy groups -OCH3 is 2. The van der Waals surface area contributed by atoms with Crippen molar-refractivity contribution in [3.8, 4) is 11.5 Å². The molecule has 19 heavy (non-hydrogen) atoms. The van der Waals surface area contributed by atoms with Crippen molar-refractivity contribution in [2.45, 2.75) is 13.1 Å². The van der Waals surface area contributed by atoms with Gasteiger partial charge in [-0.25, -0.2) is 0 Å². The molecule has 0 aromatic heterocycles. The Kier molecular flexibility index (Phi) is 5.81. The summed E-state index contributed by atoms with van der Waals surface area (Å²) in [4.78, 5) is 5.44. The van der Waals surface area contributed by atoms with Gasteiger partial charge < -0.3 is 9.47 Å². The van der Waals surface area contributed by atoms with Crippen LogP contribution in [0.15, 0.2) is 20.8 Å². The van der Waals surface area contributed by atoms with E-state index in [0.717, 1.165) is 0 Å². The van der Waals surface area contributed by atoms with E-state index < -0.39 is 0 Å². The summed E-state index contributed by atoms with van der Waals surface area (Å²) in [5, 5.41) is 7.04. The van der Waals surface area contributed by atoms with Gasteiger partial charge in [-0.2, -0.15) is 0 Å². The minimum Gasteiger partial charge on any atom is -0.496 e. The molecule has 0 bridgehead atoms. The molecule has 0 aliphatic carbocycles. The summed E-state index contributed by atoms with van der Waals surface area (Å²) in [6, 6.07) is 1.71. The summed E-state index contributed by atoms with van der Waals surface area (Å²) in [6.45, 7) is 0.158. The molecule has 0 N–H and O–H groups in total. The second-order valence-electron chi connectivity index (χ2n) is 3.33. The Labute approximate surface area is 117 Å². The van der Waals surface area contributed by atoms with Crippen LogP contribution in [0, 0.1) is 0 Å². The topological polar surface area (TPSA) is 116 Å². The molecule has 1 aromatic carbocycles. The molecule has 0 amide bonds. The number of ether oxygens (including phenoxy) is 2. The quantitative estimate of drug-likeness (QED) is 0.444. The third kappa shape index (κ3) is 3.45. The third-order valence-corrected chi connectivity index (χ3v) is 3.01. The molecular weight excluding hydrogens is 316 g/mol. The Hall–Kier alpha value is -2.08. The summed E-state index contributed by atoms with van der Waals surface area (Å²) >= 11 is 3.35. The molecule has 0 aliphatic rings. The standard InChI is InChI=1S/C10H11BrN6O2/c1-18-9-3-8(11)10(19-2)7(5-15-17-13)6(9)4-14-16-12/h3H,4-5H2,1-2H3. The zero-order valence-electron chi connectivity index (χ0n) is 10.4. The van der Waals surface area contributed by atoms with E-state index in [9.17, 15) is 0 Å². The van der Waals surface area contributed by atoms with Crippen LogP contribution in [-0.2, 0) is 13.1 Å². The molecule has 0 heterocycles. The van der Waals surface area contributed by atoms with Crippen LogP contribution < -0.4 is 9.47 Å². The van der Waals surface area contributed by atoms with Gasteiger partial charge in [-0.05, 0) is 33.1 Å². The molecule has 1 rings (SSSR count). The minimum atomic E-state index is 0.0752. The molecule has 0 aliphatic heterocycles. The van der Waals surface area contributed by atoms with Crippen LogP contribution in [0.3, 0.4) is 0 Å². The molecule has 9 heteroatoms. The number of nitrogens with zero attached hydrogens (tertiary/aromatic N) is 6. The fourth-order valence-corrected chi connectivity index (χ4v) is 2.25. The van der Waals surface area contributed by atoms with E-state index >= 15 is 0 Å². The highest BCUT2D eigenvalue weighted by molar-refractivity contribution is 9.10. The van der Waals surface area contributed by atoms with Gasteiger partial charge >= 0.3 is 0 Å². The van der Waals surface area contributed by atoms with Crippen molar-refractivity contribution in [3.05, 3.63) is 42.6 Å². The van der Waals surface area contributed by atoms with Crippen molar-refractivity contribution >= 4 is 15.9 Å². The Morgan fingerprint density at radius 3 is 2.16 bits per heavy atom. The van der Waals surface area contributed by atoms with Crippen LogP contribution in [0.5, 0.6) is 11.5 Å². The first-order valence-electron chi connectivity index (χ1n) is 5.13. The van der Waals surface area contributed by atoms with Crippen LogP contribution in [-0.4, -0.2) is 14.2 Å². The molecular formula is C10H11BrN6O2. The maximum absolute atomic E-state index is 8.45. The third-order valence-electron chi connectivity index (χ3n) is 2.42. The first kappa shape index (κ1) is 15.0. The summed E-state index contributed by atoms with van der Waals surface area (Å²) in [5.74, 6) is 1.06. The summed E-state index contributed by atoms with van der Waals surface area (Å²) in [6.07, 6.45) is 0. The Balaban J connectivity index is 3.50. The van der Waals surface area contributed by atoms with Gasteiger partial charge in [-0.3, -0.25) is 0 Å². The van der Waals surface area contributed by atoms with E-state index in [0.29, 0.717) is 27.1 Å². The predicted molar refractivity (Wildman–Crippen MR) is 72.9 cm³/mol. The first-order valence-corrected chi connectivity index (χ1v) is 5.92. The van der Waals surface area contributed by atoms with Gasteiger partial charge in [0.15, 0.2) is 0 Å². The Bertz CT molecular complexity index is 564.